The van der Waals surface area contributed by atoms with Crippen LogP contribution in [0, 0.1) is 17.5 Å². The van der Waals surface area contributed by atoms with Crippen molar-refractivity contribution in [3.63, 3.8) is 0 Å². The Kier molecular flexibility index (Phi) is 8.64. The van der Waals surface area contributed by atoms with Crippen LogP contribution in [0.5, 0.6) is 5.75 Å². The Morgan fingerprint density at radius 3 is 2.50 bits per heavy atom. The van der Waals surface area contributed by atoms with E-state index in [4.69, 9.17) is 27.8 Å². The lowest BCUT2D eigenvalue weighted by Crippen LogP contribution is -2.28. The van der Waals surface area contributed by atoms with Crippen LogP contribution in [0.3, 0.4) is 0 Å². The van der Waals surface area contributed by atoms with Gasteiger partial charge in [0.1, 0.15) is 34.9 Å². The number of anilines is 2. The fourth-order valence-corrected chi connectivity index (χ4v) is 2.86. The van der Waals surface area contributed by atoms with E-state index in [9.17, 15) is 18.0 Å². The number of nitrogens with two attached hydrogens (primary N) is 2. The standard InChI is InChI=1S/C20H17ClF3N5O2.ClH/c21-7-10(8-25)31-16-4-5-27-9-15(16)28-20(30)19-14(26)6-13(24)18(29-19)17-11(22)2-1-3-12(17)23;/h1-6,9-10H,7-8,25-26H2,(H,28,30);1H. The Bertz CT molecular complexity index is 1100. The lowest BCUT2D eigenvalue weighted by atomic mass is 10.1. The molecule has 1 amide bonds. The van der Waals surface area contributed by atoms with Crippen molar-refractivity contribution in [1.82, 2.24) is 9.97 Å². The van der Waals surface area contributed by atoms with Crippen LogP contribution in [0.1, 0.15) is 10.5 Å². The number of aromatic nitrogens is 2. The van der Waals surface area contributed by atoms with E-state index in [1.54, 1.807) is 0 Å². The summed E-state index contributed by atoms with van der Waals surface area (Å²) in [5, 5.41) is 2.49. The fraction of sp³-hybridized carbons (Fsp3) is 0.150. The third kappa shape index (κ3) is 5.39. The molecule has 0 fully saturated rings. The molecule has 1 atom stereocenters. The molecule has 0 bridgehead atoms. The number of rotatable bonds is 7. The van der Waals surface area contributed by atoms with E-state index in [0.29, 0.717) is 0 Å². The normalized spacial score (nSPS) is 11.4. The maximum atomic E-state index is 14.4. The molecule has 0 aliphatic rings. The molecule has 0 aliphatic carbocycles. The lowest BCUT2D eigenvalue weighted by molar-refractivity contribution is 0.102. The molecule has 0 spiro atoms. The summed E-state index contributed by atoms with van der Waals surface area (Å²) in [4.78, 5) is 20.5. The Balaban J connectivity index is 0.00000363. The lowest BCUT2D eigenvalue weighted by Gasteiger charge is -2.17. The van der Waals surface area contributed by atoms with E-state index in [0.717, 1.165) is 24.3 Å². The minimum absolute atomic E-state index is 0. The van der Waals surface area contributed by atoms with Gasteiger partial charge in [-0.1, -0.05) is 6.07 Å². The van der Waals surface area contributed by atoms with Crippen molar-refractivity contribution in [2.45, 2.75) is 6.10 Å². The van der Waals surface area contributed by atoms with Crippen molar-refractivity contribution < 1.29 is 22.7 Å². The molecule has 5 N–H and O–H groups in total. The number of amides is 1. The van der Waals surface area contributed by atoms with Crippen molar-refractivity contribution in [3.8, 4) is 17.0 Å². The van der Waals surface area contributed by atoms with Gasteiger partial charge in [0.25, 0.3) is 5.91 Å². The minimum Gasteiger partial charge on any atom is -0.486 e. The molecule has 0 saturated heterocycles. The smallest absolute Gasteiger partial charge is 0.276 e. The zero-order valence-electron chi connectivity index (χ0n) is 16.3. The first kappa shape index (κ1) is 25.2. The van der Waals surface area contributed by atoms with Gasteiger partial charge in [0, 0.05) is 24.9 Å². The van der Waals surface area contributed by atoms with Gasteiger partial charge in [-0.15, -0.1) is 24.0 Å². The van der Waals surface area contributed by atoms with Crippen molar-refractivity contribution in [2.75, 3.05) is 23.5 Å². The molecule has 170 valence electrons. The number of halogens is 5. The molecule has 3 aromatic rings. The minimum atomic E-state index is -1.09. The third-order valence-corrected chi connectivity index (χ3v) is 4.52. The molecule has 1 unspecified atom stereocenters. The van der Waals surface area contributed by atoms with Crippen LogP contribution in [-0.2, 0) is 0 Å². The van der Waals surface area contributed by atoms with Gasteiger partial charge < -0.3 is 21.5 Å². The average molecular weight is 488 g/mol. The van der Waals surface area contributed by atoms with Crippen LogP contribution in [-0.4, -0.2) is 34.4 Å². The molecule has 0 saturated carbocycles. The zero-order valence-corrected chi connectivity index (χ0v) is 17.9. The molecule has 2 aromatic heterocycles. The van der Waals surface area contributed by atoms with E-state index >= 15 is 0 Å². The molecule has 2 heterocycles. The van der Waals surface area contributed by atoms with Gasteiger partial charge in [0.15, 0.2) is 11.5 Å². The van der Waals surface area contributed by atoms with Crippen molar-refractivity contribution >= 4 is 41.3 Å². The van der Waals surface area contributed by atoms with Gasteiger partial charge in [-0.25, -0.2) is 18.2 Å². The van der Waals surface area contributed by atoms with Crippen molar-refractivity contribution in [1.29, 1.82) is 0 Å². The number of alkyl halides is 1. The molecular formula is C20H18Cl2F3N5O2. The van der Waals surface area contributed by atoms with E-state index in [2.05, 4.69) is 15.3 Å². The number of carbonyl (C=O) groups excluding carboxylic acids is 1. The molecular weight excluding hydrogens is 470 g/mol. The predicted molar refractivity (Wildman–Crippen MR) is 118 cm³/mol. The van der Waals surface area contributed by atoms with Gasteiger partial charge in [0.05, 0.1) is 23.3 Å². The molecule has 32 heavy (non-hydrogen) atoms. The second-order valence-corrected chi connectivity index (χ2v) is 6.62. The highest BCUT2D eigenvalue weighted by atomic mass is 35.5. The van der Waals surface area contributed by atoms with E-state index in [1.165, 1.54) is 18.5 Å². The van der Waals surface area contributed by atoms with Crippen LogP contribution >= 0.6 is 24.0 Å². The van der Waals surface area contributed by atoms with E-state index in [1.807, 2.05) is 0 Å². The number of hydrogen-bond donors (Lipinski definition) is 3. The Hall–Kier alpha value is -3.08. The average Bonchev–Trinajstić information content (AvgIpc) is 2.74. The van der Waals surface area contributed by atoms with E-state index in [-0.39, 0.29) is 42.0 Å². The van der Waals surface area contributed by atoms with E-state index < -0.39 is 46.4 Å². The Labute approximate surface area is 192 Å². The summed E-state index contributed by atoms with van der Waals surface area (Å²) in [6.07, 6.45) is 2.20. The molecule has 12 heteroatoms. The highest BCUT2D eigenvalue weighted by Crippen LogP contribution is 2.30. The van der Waals surface area contributed by atoms with Crippen molar-refractivity contribution in [3.05, 3.63) is 65.9 Å². The summed E-state index contributed by atoms with van der Waals surface area (Å²) in [6.45, 7) is 0.128. The number of nitrogen functional groups attached to an aromatic ring is 1. The van der Waals surface area contributed by atoms with Crippen LogP contribution in [0.25, 0.3) is 11.3 Å². The van der Waals surface area contributed by atoms with Gasteiger partial charge in [-0.2, -0.15) is 0 Å². The predicted octanol–water partition coefficient (Wildman–Crippen LogP) is 3.76. The topological polar surface area (TPSA) is 116 Å². The highest BCUT2D eigenvalue weighted by molar-refractivity contribution is 6.18. The zero-order chi connectivity index (χ0) is 22.5. The van der Waals surface area contributed by atoms with Crippen LogP contribution in [0.15, 0.2) is 42.7 Å². The number of nitrogens with zero attached hydrogens (tertiary/aromatic N) is 2. The second kappa shape index (κ2) is 11.0. The summed E-state index contributed by atoms with van der Waals surface area (Å²) >= 11 is 5.78. The fourth-order valence-electron chi connectivity index (χ4n) is 2.67. The number of nitrogens with one attached hydrogen (secondary N) is 1. The first-order valence-corrected chi connectivity index (χ1v) is 9.47. The Morgan fingerprint density at radius 1 is 1.19 bits per heavy atom. The third-order valence-electron chi connectivity index (χ3n) is 4.18. The number of hydrogen-bond acceptors (Lipinski definition) is 6. The summed E-state index contributed by atoms with van der Waals surface area (Å²) < 4.78 is 48.2. The maximum absolute atomic E-state index is 14.4. The largest absolute Gasteiger partial charge is 0.486 e. The summed E-state index contributed by atoms with van der Waals surface area (Å²) in [7, 11) is 0. The van der Waals surface area contributed by atoms with Crippen LogP contribution in [0.2, 0.25) is 0 Å². The van der Waals surface area contributed by atoms with Crippen LogP contribution in [0.4, 0.5) is 24.5 Å². The van der Waals surface area contributed by atoms with Gasteiger partial charge >= 0.3 is 0 Å². The van der Waals surface area contributed by atoms with Gasteiger partial charge in [0.2, 0.25) is 0 Å². The first-order valence-electron chi connectivity index (χ1n) is 8.94. The number of carbonyl (C=O) groups is 1. The summed E-state index contributed by atoms with van der Waals surface area (Å²) in [6, 6.07) is 5.25. The number of pyridine rings is 2. The maximum Gasteiger partial charge on any atom is 0.276 e. The van der Waals surface area contributed by atoms with Gasteiger partial charge in [-0.05, 0) is 12.1 Å². The first-order chi connectivity index (χ1) is 14.8. The molecule has 7 nitrogen and oxygen atoms in total. The quantitative estimate of drug-likeness (QED) is 0.437. The summed E-state index contributed by atoms with van der Waals surface area (Å²) in [5.41, 5.74) is 9.26. The molecule has 0 aliphatic heterocycles. The summed E-state index contributed by atoms with van der Waals surface area (Å²) in [5.74, 6) is -3.71. The van der Waals surface area contributed by atoms with Crippen LogP contribution < -0.4 is 21.5 Å². The monoisotopic (exact) mass is 487 g/mol. The Morgan fingerprint density at radius 2 is 1.88 bits per heavy atom. The highest BCUT2D eigenvalue weighted by Gasteiger charge is 2.23. The molecule has 3 rings (SSSR count). The number of benzene rings is 1. The molecule has 1 aromatic carbocycles. The SMILES string of the molecule is Cl.NCC(CCl)Oc1ccncc1NC(=O)c1nc(-c2c(F)cccc2F)c(F)cc1N. The second-order valence-electron chi connectivity index (χ2n) is 6.31. The van der Waals surface area contributed by atoms with Crippen molar-refractivity contribution in [2.24, 2.45) is 5.73 Å². The van der Waals surface area contributed by atoms with Gasteiger partial charge in [-0.3, -0.25) is 9.78 Å². The molecule has 0 radical (unpaired) electrons. The number of ether oxygens (including phenoxy) is 1.